The van der Waals surface area contributed by atoms with Crippen molar-refractivity contribution in [2.75, 3.05) is 32.5 Å². The van der Waals surface area contributed by atoms with Crippen molar-refractivity contribution in [1.82, 2.24) is 10.2 Å². The van der Waals surface area contributed by atoms with E-state index in [4.69, 9.17) is 4.74 Å². The van der Waals surface area contributed by atoms with Crippen LogP contribution >= 0.6 is 11.8 Å². The van der Waals surface area contributed by atoms with E-state index < -0.39 is 0 Å². The minimum atomic E-state index is 0.833. The number of benzene rings is 1. The molecule has 0 aliphatic carbocycles. The molecule has 22 heavy (non-hydrogen) atoms. The number of nitrogens with zero attached hydrogens (tertiary/aromatic N) is 2. The van der Waals surface area contributed by atoms with Crippen molar-refractivity contribution in [2.45, 2.75) is 18.9 Å². The molecule has 0 amide bonds. The zero-order chi connectivity index (χ0) is 15.8. The highest BCUT2D eigenvalue weighted by atomic mass is 32.2. The summed E-state index contributed by atoms with van der Waals surface area (Å²) in [6, 6.07) is 11.9. The molecule has 0 fully saturated rings. The van der Waals surface area contributed by atoms with Crippen LogP contribution in [0.4, 0.5) is 0 Å². The fourth-order valence-corrected chi connectivity index (χ4v) is 3.10. The van der Waals surface area contributed by atoms with E-state index in [1.807, 2.05) is 36.4 Å². The third-order valence-electron chi connectivity index (χ3n) is 3.71. The molecule has 0 radical (unpaired) electrons. The normalized spacial score (nSPS) is 10.9. The number of nitrogens with one attached hydrogen (secondary N) is 1. The Morgan fingerprint density at radius 1 is 1.09 bits per heavy atom. The van der Waals surface area contributed by atoms with Crippen LogP contribution in [0.3, 0.4) is 0 Å². The summed E-state index contributed by atoms with van der Waals surface area (Å²) >= 11 is 1.77. The van der Waals surface area contributed by atoms with Crippen molar-refractivity contribution >= 4 is 11.8 Å². The molecule has 0 bridgehead atoms. The molecule has 0 aliphatic heterocycles. The highest BCUT2D eigenvalue weighted by molar-refractivity contribution is 7.99. The van der Waals surface area contributed by atoms with Gasteiger partial charge in [-0.25, -0.2) is 0 Å². The lowest BCUT2D eigenvalue weighted by Gasteiger charge is -2.14. The molecule has 0 atom stereocenters. The van der Waals surface area contributed by atoms with Crippen LogP contribution in [-0.4, -0.2) is 42.7 Å². The highest BCUT2D eigenvalue weighted by Crippen LogP contribution is 2.23. The maximum atomic E-state index is 5.24. The number of thioether (sulfide) groups is 1. The summed E-state index contributed by atoms with van der Waals surface area (Å²) in [5, 5.41) is 9.64. The molecule has 0 saturated heterocycles. The van der Waals surface area contributed by atoms with Crippen LogP contribution in [0, 0.1) is 0 Å². The van der Waals surface area contributed by atoms with E-state index in [-0.39, 0.29) is 0 Å². The van der Waals surface area contributed by atoms with Crippen LogP contribution in [0.25, 0.3) is 11.3 Å². The van der Waals surface area contributed by atoms with Gasteiger partial charge < -0.3 is 9.64 Å². The van der Waals surface area contributed by atoms with E-state index in [1.54, 1.807) is 23.8 Å². The van der Waals surface area contributed by atoms with Gasteiger partial charge in [0.1, 0.15) is 10.8 Å². The quantitative estimate of drug-likeness (QED) is 0.757. The Morgan fingerprint density at radius 2 is 1.91 bits per heavy atom. The Hall–Kier alpha value is -1.59. The Labute approximate surface area is 136 Å². The van der Waals surface area contributed by atoms with Crippen LogP contribution in [0.5, 0.6) is 5.75 Å². The molecule has 1 aromatic carbocycles. The molecule has 2 rings (SSSR count). The lowest BCUT2D eigenvalue weighted by Crippen LogP contribution is -3.11. The lowest BCUT2D eigenvalue weighted by atomic mass is 10.1. The topological polar surface area (TPSA) is 39.5 Å². The molecular formula is C17H24N3OS+. The molecular weight excluding hydrogens is 294 g/mol. The van der Waals surface area contributed by atoms with Gasteiger partial charge in [-0.05, 0) is 38.1 Å². The Kier molecular flexibility index (Phi) is 6.68. The molecule has 4 nitrogen and oxygen atoms in total. The zero-order valence-electron chi connectivity index (χ0n) is 13.5. The average molecular weight is 318 g/mol. The smallest absolute Gasteiger partial charge is 0.119 e. The average Bonchev–Trinajstić information content (AvgIpc) is 2.59. The molecule has 0 saturated carbocycles. The van der Waals surface area contributed by atoms with Gasteiger partial charge in [0.15, 0.2) is 0 Å². The van der Waals surface area contributed by atoms with Gasteiger partial charge in [-0.2, -0.15) is 0 Å². The van der Waals surface area contributed by atoms with Crippen molar-refractivity contribution in [3.8, 4) is 17.0 Å². The predicted molar refractivity (Wildman–Crippen MR) is 91.7 cm³/mol. The summed E-state index contributed by atoms with van der Waals surface area (Å²) in [5.74, 6) is 1.91. The summed E-state index contributed by atoms with van der Waals surface area (Å²) in [6.07, 6.45) is 0. The Balaban J connectivity index is 1.95. The van der Waals surface area contributed by atoms with E-state index >= 15 is 0 Å². The summed E-state index contributed by atoms with van der Waals surface area (Å²) in [7, 11) is 1.67. The molecule has 2 aromatic rings. The van der Waals surface area contributed by atoms with E-state index in [0.29, 0.717) is 0 Å². The Morgan fingerprint density at radius 3 is 2.55 bits per heavy atom. The summed E-state index contributed by atoms with van der Waals surface area (Å²) in [4.78, 5) is 1.62. The van der Waals surface area contributed by atoms with Gasteiger partial charge in [-0.3, -0.25) is 0 Å². The molecule has 1 N–H and O–H groups in total. The third-order valence-corrected chi connectivity index (χ3v) is 4.63. The summed E-state index contributed by atoms with van der Waals surface area (Å²) in [5.41, 5.74) is 1.90. The SMILES string of the molecule is CC[NH+](CC)CCSc1ccc(-c2cccc(OC)c2)nn1. The second kappa shape index (κ2) is 8.76. The molecule has 0 unspecified atom stereocenters. The monoisotopic (exact) mass is 318 g/mol. The largest absolute Gasteiger partial charge is 0.497 e. The number of aromatic nitrogens is 2. The van der Waals surface area contributed by atoms with Crippen molar-refractivity contribution in [3.05, 3.63) is 36.4 Å². The molecule has 118 valence electrons. The lowest BCUT2D eigenvalue weighted by molar-refractivity contribution is -0.893. The van der Waals surface area contributed by atoms with Crippen molar-refractivity contribution in [2.24, 2.45) is 0 Å². The molecule has 1 heterocycles. The van der Waals surface area contributed by atoms with Gasteiger partial charge in [0.25, 0.3) is 0 Å². The Bertz CT molecular complexity index is 570. The second-order valence-electron chi connectivity index (χ2n) is 5.04. The molecule has 5 heteroatoms. The van der Waals surface area contributed by atoms with Gasteiger partial charge in [-0.1, -0.05) is 23.9 Å². The maximum Gasteiger partial charge on any atom is 0.119 e. The van der Waals surface area contributed by atoms with E-state index in [9.17, 15) is 0 Å². The highest BCUT2D eigenvalue weighted by Gasteiger charge is 2.05. The zero-order valence-corrected chi connectivity index (χ0v) is 14.3. The van der Waals surface area contributed by atoms with E-state index in [1.165, 1.54) is 13.1 Å². The summed E-state index contributed by atoms with van der Waals surface area (Å²) in [6.45, 7) is 7.98. The number of hydrogen-bond donors (Lipinski definition) is 1. The first-order chi connectivity index (χ1) is 10.8. The molecule has 0 aliphatic rings. The van der Waals surface area contributed by atoms with Gasteiger partial charge in [0.2, 0.25) is 0 Å². The minimum absolute atomic E-state index is 0.833. The predicted octanol–water partition coefficient (Wildman–Crippen LogP) is 2.17. The number of hydrogen-bond acceptors (Lipinski definition) is 4. The summed E-state index contributed by atoms with van der Waals surface area (Å²) < 4.78 is 5.24. The second-order valence-corrected chi connectivity index (χ2v) is 6.16. The number of rotatable bonds is 8. The van der Waals surface area contributed by atoms with Crippen LogP contribution in [0.2, 0.25) is 0 Å². The number of methoxy groups -OCH3 is 1. The number of ether oxygens (including phenoxy) is 1. The first-order valence-electron chi connectivity index (χ1n) is 7.71. The van der Waals surface area contributed by atoms with Crippen LogP contribution in [-0.2, 0) is 0 Å². The number of quaternary nitrogens is 1. The van der Waals surface area contributed by atoms with Crippen LogP contribution in [0.1, 0.15) is 13.8 Å². The van der Waals surface area contributed by atoms with Crippen LogP contribution in [0.15, 0.2) is 41.4 Å². The van der Waals surface area contributed by atoms with Crippen molar-refractivity contribution in [3.63, 3.8) is 0 Å². The first kappa shape index (κ1) is 16.8. The van der Waals surface area contributed by atoms with E-state index in [0.717, 1.165) is 34.3 Å². The maximum absolute atomic E-state index is 5.24. The fourth-order valence-electron chi connectivity index (χ4n) is 2.24. The van der Waals surface area contributed by atoms with Gasteiger partial charge in [0, 0.05) is 11.3 Å². The van der Waals surface area contributed by atoms with Crippen molar-refractivity contribution < 1.29 is 9.64 Å². The van der Waals surface area contributed by atoms with Crippen molar-refractivity contribution in [1.29, 1.82) is 0 Å². The minimum Gasteiger partial charge on any atom is -0.497 e. The van der Waals surface area contributed by atoms with Crippen LogP contribution < -0.4 is 9.64 Å². The molecule has 0 spiro atoms. The van der Waals surface area contributed by atoms with Gasteiger partial charge >= 0.3 is 0 Å². The molecule has 1 aromatic heterocycles. The van der Waals surface area contributed by atoms with Gasteiger partial charge in [0.05, 0.1) is 32.4 Å². The fraction of sp³-hybridized carbons (Fsp3) is 0.412. The first-order valence-corrected chi connectivity index (χ1v) is 8.69. The third kappa shape index (κ3) is 4.71. The van der Waals surface area contributed by atoms with Gasteiger partial charge in [-0.15, -0.1) is 10.2 Å². The standard InChI is InChI=1S/C17H23N3OS/c1-4-20(5-2)11-12-22-17-10-9-16(18-19-17)14-7-6-8-15(13-14)21-3/h6-10,13H,4-5,11-12H2,1-3H3/p+1. The van der Waals surface area contributed by atoms with E-state index in [2.05, 4.69) is 24.0 Å².